The number of nitrogens with one attached hydrogen (secondary N) is 1. The zero-order valence-electron chi connectivity index (χ0n) is 10.8. The molecule has 0 atom stereocenters. The van der Waals surface area contributed by atoms with Crippen LogP contribution in [0.4, 0.5) is 0 Å². The van der Waals surface area contributed by atoms with Crippen molar-refractivity contribution in [1.82, 2.24) is 10.2 Å². The first-order chi connectivity index (χ1) is 8.25. The number of carbonyl (C=O) groups is 1. The van der Waals surface area contributed by atoms with Gasteiger partial charge < -0.3 is 10.2 Å². The Kier molecular flexibility index (Phi) is 3.12. The molecule has 0 aromatic rings. The Labute approximate surface area is 104 Å². The summed E-state index contributed by atoms with van der Waals surface area (Å²) in [5.74, 6) is 3.10. The van der Waals surface area contributed by atoms with Crippen molar-refractivity contribution in [2.75, 3.05) is 20.1 Å². The van der Waals surface area contributed by atoms with Crippen molar-refractivity contribution in [2.24, 2.45) is 17.8 Å². The smallest absolute Gasteiger partial charge is 0.236 e. The van der Waals surface area contributed by atoms with Gasteiger partial charge in [-0.25, -0.2) is 0 Å². The summed E-state index contributed by atoms with van der Waals surface area (Å²) in [6.07, 6.45) is 8.12. The number of hydrogen-bond acceptors (Lipinski definition) is 2. The maximum atomic E-state index is 11.8. The lowest BCUT2D eigenvalue weighted by Gasteiger charge is -2.19. The highest BCUT2D eigenvalue weighted by Gasteiger charge is 2.41. The van der Waals surface area contributed by atoms with Crippen molar-refractivity contribution in [3.63, 3.8) is 0 Å². The molecule has 0 radical (unpaired) electrons. The molecule has 3 rings (SSSR count). The van der Waals surface area contributed by atoms with Gasteiger partial charge in [0.2, 0.25) is 5.91 Å². The van der Waals surface area contributed by atoms with E-state index in [0.717, 1.165) is 24.3 Å². The van der Waals surface area contributed by atoms with Crippen molar-refractivity contribution in [1.29, 1.82) is 0 Å². The third-order valence-corrected chi connectivity index (χ3v) is 4.60. The summed E-state index contributed by atoms with van der Waals surface area (Å²) >= 11 is 0. The highest BCUT2D eigenvalue weighted by molar-refractivity contribution is 5.78. The van der Waals surface area contributed by atoms with Crippen LogP contribution in [-0.4, -0.2) is 37.0 Å². The molecule has 3 aliphatic carbocycles. The molecule has 3 heteroatoms. The number of amides is 1. The predicted molar refractivity (Wildman–Crippen MR) is 67.6 cm³/mol. The van der Waals surface area contributed by atoms with Crippen LogP contribution in [0.15, 0.2) is 0 Å². The van der Waals surface area contributed by atoms with Crippen LogP contribution in [0.1, 0.15) is 38.5 Å². The van der Waals surface area contributed by atoms with Crippen LogP contribution in [0.3, 0.4) is 0 Å². The Morgan fingerprint density at radius 2 is 1.76 bits per heavy atom. The molecular formula is C14H24N2O. The molecular weight excluding hydrogens is 212 g/mol. The van der Waals surface area contributed by atoms with Crippen LogP contribution in [0.25, 0.3) is 0 Å². The molecule has 3 aliphatic rings. The molecule has 17 heavy (non-hydrogen) atoms. The molecule has 1 amide bonds. The second-order valence-electron chi connectivity index (χ2n) is 6.21. The quantitative estimate of drug-likeness (QED) is 0.728. The van der Waals surface area contributed by atoms with Crippen LogP contribution in [0.5, 0.6) is 0 Å². The molecule has 0 aromatic heterocycles. The lowest BCUT2D eigenvalue weighted by atomic mass is 9.98. The lowest BCUT2D eigenvalue weighted by molar-refractivity contribution is -0.129. The van der Waals surface area contributed by atoms with Gasteiger partial charge in [-0.1, -0.05) is 0 Å². The summed E-state index contributed by atoms with van der Waals surface area (Å²) in [4.78, 5) is 13.8. The molecule has 3 fully saturated rings. The Hall–Kier alpha value is -0.570. The van der Waals surface area contributed by atoms with Crippen LogP contribution in [-0.2, 0) is 4.79 Å². The summed E-state index contributed by atoms with van der Waals surface area (Å²) in [6, 6.07) is 0.548. The maximum absolute atomic E-state index is 11.8. The van der Waals surface area contributed by atoms with E-state index in [4.69, 9.17) is 0 Å². The minimum atomic E-state index is 0.276. The SMILES string of the molecule is CN(C(=O)CNCC(C1CC1)C1CC1)C1CC1. The van der Waals surface area contributed by atoms with Gasteiger partial charge in [0.15, 0.2) is 0 Å². The molecule has 0 saturated heterocycles. The van der Waals surface area contributed by atoms with E-state index in [1.807, 2.05) is 11.9 Å². The fraction of sp³-hybridized carbons (Fsp3) is 0.929. The van der Waals surface area contributed by atoms with E-state index in [1.165, 1.54) is 38.5 Å². The van der Waals surface area contributed by atoms with E-state index in [0.29, 0.717) is 12.6 Å². The van der Waals surface area contributed by atoms with Crippen LogP contribution >= 0.6 is 0 Å². The van der Waals surface area contributed by atoms with Gasteiger partial charge in [-0.05, 0) is 62.8 Å². The molecule has 0 aromatic carbocycles. The first-order valence-corrected chi connectivity index (χ1v) is 7.22. The average molecular weight is 236 g/mol. The fourth-order valence-electron chi connectivity index (χ4n) is 2.90. The van der Waals surface area contributed by atoms with E-state index in [1.54, 1.807) is 0 Å². The van der Waals surface area contributed by atoms with Crippen molar-refractivity contribution < 1.29 is 4.79 Å². The standard InChI is InChI=1S/C14H24N2O/c1-16(12-6-7-12)14(17)9-15-8-13(10-2-3-10)11-4-5-11/h10-13,15H,2-9H2,1H3. The summed E-state index contributed by atoms with van der Waals surface area (Å²) in [5, 5.41) is 3.40. The van der Waals surface area contributed by atoms with Gasteiger partial charge >= 0.3 is 0 Å². The molecule has 0 bridgehead atoms. The lowest BCUT2D eigenvalue weighted by Crippen LogP contribution is -2.38. The van der Waals surface area contributed by atoms with E-state index >= 15 is 0 Å². The van der Waals surface area contributed by atoms with E-state index < -0.39 is 0 Å². The molecule has 3 nitrogen and oxygen atoms in total. The first kappa shape index (κ1) is 11.5. The van der Waals surface area contributed by atoms with Crippen LogP contribution in [0, 0.1) is 17.8 Å². The molecule has 96 valence electrons. The zero-order valence-corrected chi connectivity index (χ0v) is 10.8. The van der Waals surface area contributed by atoms with Gasteiger partial charge in [0, 0.05) is 13.1 Å². The van der Waals surface area contributed by atoms with Crippen LogP contribution < -0.4 is 5.32 Å². The minimum Gasteiger partial charge on any atom is -0.342 e. The fourth-order valence-corrected chi connectivity index (χ4v) is 2.90. The molecule has 0 spiro atoms. The number of hydrogen-bond donors (Lipinski definition) is 1. The predicted octanol–water partition coefficient (Wildman–Crippen LogP) is 1.63. The van der Waals surface area contributed by atoms with Gasteiger partial charge in [0.05, 0.1) is 6.54 Å². The number of carbonyl (C=O) groups excluding carboxylic acids is 1. The summed E-state index contributed by atoms with van der Waals surface area (Å²) < 4.78 is 0. The summed E-state index contributed by atoms with van der Waals surface area (Å²) in [6.45, 7) is 1.61. The van der Waals surface area contributed by atoms with Crippen LogP contribution in [0.2, 0.25) is 0 Å². The topological polar surface area (TPSA) is 32.3 Å². The Balaban J connectivity index is 1.36. The Bertz CT molecular complexity index is 281. The first-order valence-electron chi connectivity index (χ1n) is 7.22. The number of likely N-dealkylation sites (N-methyl/N-ethyl adjacent to an activating group) is 1. The molecule has 0 heterocycles. The van der Waals surface area contributed by atoms with E-state index in [2.05, 4.69) is 5.32 Å². The third kappa shape index (κ3) is 3.01. The van der Waals surface area contributed by atoms with Gasteiger partial charge in [-0.15, -0.1) is 0 Å². The average Bonchev–Trinajstić information content (AvgIpc) is 3.19. The Morgan fingerprint density at radius 1 is 1.18 bits per heavy atom. The highest BCUT2D eigenvalue weighted by Crippen LogP contribution is 2.48. The van der Waals surface area contributed by atoms with Gasteiger partial charge in [-0.2, -0.15) is 0 Å². The largest absolute Gasteiger partial charge is 0.342 e. The molecule has 0 aliphatic heterocycles. The minimum absolute atomic E-state index is 0.276. The Morgan fingerprint density at radius 3 is 2.24 bits per heavy atom. The second-order valence-corrected chi connectivity index (χ2v) is 6.21. The molecule has 3 saturated carbocycles. The van der Waals surface area contributed by atoms with Crippen molar-refractivity contribution in [2.45, 2.75) is 44.6 Å². The zero-order chi connectivity index (χ0) is 11.8. The van der Waals surface area contributed by atoms with Gasteiger partial charge in [-0.3, -0.25) is 4.79 Å². The normalized spacial score (nSPS) is 24.1. The maximum Gasteiger partial charge on any atom is 0.236 e. The van der Waals surface area contributed by atoms with Gasteiger partial charge in [0.25, 0.3) is 0 Å². The van der Waals surface area contributed by atoms with Gasteiger partial charge in [0.1, 0.15) is 0 Å². The molecule has 1 N–H and O–H groups in total. The second kappa shape index (κ2) is 4.60. The van der Waals surface area contributed by atoms with E-state index in [9.17, 15) is 4.79 Å². The third-order valence-electron chi connectivity index (χ3n) is 4.60. The van der Waals surface area contributed by atoms with E-state index in [-0.39, 0.29) is 5.91 Å². The highest BCUT2D eigenvalue weighted by atomic mass is 16.2. The monoisotopic (exact) mass is 236 g/mol. The number of rotatable bonds is 7. The summed E-state index contributed by atoms with van der Waals surface area (Å²) in [7, 11) is 1.95. The van der Waals surface area contributed by atoms with Crippen molar-refractivity contribution in [3.8, 4) is 0 Å². The number of nitrogens with zero attached hydrogens (tertiary/aromatic N) is 1. The molecule has 0 unspecified atom stereocenters. The summed E-state index contributed by atoms with van der Waals surface area (Å²) in [5.41, 5.74) is 0. The van der Waals surface area contributed by atoms with Crippen molar-refractivity contribution in [3.05, 3.63) is 0 Å². The van der Waals surface area contributed by atoms with Crippen molar-refractivity contribution >= 4 is 5.91 Å².